The van der Waals surface area contributed by atoms with Crippen LogP contribution in [0, 0.1) is 6.92 Å². The molecule has 0 bridgehead atoms. The molecule has 27 heavy (non-hydrogen) atoms. The largest absolute Gasteiger partial charge is 0.236 e. The lowest BCUT2D eigenvalue weighted by Gasteiger charge is -2.07. The second kappa shape index (κ2) is 6.22. The van der Waals surface area contributed by atoms with E-state index in [-0.39, 0.29) is 0 Å². The highest BCUT2D eigenvalue weighted by Gasteiger charge is 2.13. The van der Waals surface area contributed by atoms with Crippen LogP contribution < -0.4 is 0 Å². The van der Waals surface area contributed by atoms with Crippen LogP contribution in [0.1, 0.15) is 5.56 Å². The molecule has 2 aromatic heterocycles. The third-order valence-corrected chi connectivity index (χ3v) is 5.23. The molecule has 4 heteroatoms. The highest BCUT2D eigenvalue weighted by molar-refractivity contribution is 6.36. The van der Waals surface area contributed by atoms with E-state index in [1.807, 2.05) is 53.4 Å². The zero-order chi connectivity index (χ0) is 18.4. The van der Waals surface area contributed by atoms with E-state index in [4.69, 9.17) is 16.6 Å². The summed E-state index contributed by atoms with van der Waals surface area (Å²) in [6.45, 7) is 2.08. The third kappa shape index (κ3) is 2.68. The Bertz CT molecular complexity index is 1290. The molecule has 3 aromatic carbocycles. The molecular weight excluding hydrogens is 354 g/mol. The third-order valence-electron chi connectivity index (χ3n) is 4.90. The fraction of sp³-hybridized carbons (Fsp3) is 0.0435. The summed E-state index contributed by atoms with van der Waals surface area (Å²) in [5.74, 6) is 0. The van der Waals surface area contributed by atoms with Crippen molar-refractivity contribution in [3.8, 4) is 22.3 Å². The second-order valence-electron chi connectivity index (χ2n) is 6.68. The Morgan fingerprint density at radius 3 is 2.37 bits per heavy atom. The van der Waals surface area contributed by atoms with Gasteiger partial charge >= 0.3 is 0 Å². The van der Waals surface area contributed by atoms with Crippen LogP contribution in [-0.4, -0.2) is 14.6 Å². The Morgan fingerprint density at radius 1 is 0.778 bits per heavy atom. The normalized spacial score (nSPS) is 11.3. The zero-order valence-electron chi connectivity index (χ0n) is 14.7. The molecule has 0 radical (unpaired) electrons. The Hall–Kier alpha value is -3.17. The van der Waals surface area contributed by atoms with E-state index in [0.717, 1.165) is 43.7 Å². The number of aromatic nitrogens is 3. The van der Waals surface area contributed by atoms with Gasteiger partial charge in [-0.2, -0.15) is 5.10 Å². The lowest BCUT2D eigenvalue weighted by atomic mass is 10.00. The molecule has 0 fully saturated rings. The first kappa shape index (κ1) is 16.0. The van der Waals surface area contributed by atoms with Gasteiger partial charge in [0.15, 0.2) is 5.65 Å². The fourth-order valence-corrected chi connectivity index (χ4v) is 3.68. The van der Waals surface area contributed by atoms with E-state index < -0.39 is 0 Å². The average Bonchev–Trinajstić information content (AvgIpc) is 3.12. The number of benzene rings is 3. The Balaban J connectivity index is 1.68. The molecule has 0 aliphatic rings. The van der Waals surface area contributed by atoms with Crippen molar-refractivity contribution in [1.29, 1.82) is 0 Å². The lowest BCUT2D eigenvalue weighted by Crippen LogP contribution is -1.92. The highest BCUT2D eigenvalue weighted by atomic mass is 35.5. The number of aryl methyl sites for hydroxylation is 1. The van der Waals surface area contributed by atoms with Crippen molar-refractivity contribution in [3.63, 3.8) is 0 Å². The molecule has 0 spiro atoms. The van der Waals surface area contributed by atoms with Gasteiger partial charge < -0.3 is 0 Å². The monoisotopic (exact) mass is 369 g/mol. The lowest BCUT2D eigenvalue weighted by molar-refractivity contribution is 0.941. The number of nitrogens with zero attached hydrogens (tertiary/aromatic N) is 3. The van der Waals surface area contributed by atoms with Gasteiger partial charge in [-0.15, -0.1) is 0 Å². The van der Waals surface area contributed by atoms with Crippen LogP contribution in [0.25, 0.3) is 38.7 Å². The predicted molar refractivity (Wildman–Crippen MR) is 111 cm³/mol. The number of fused-ring (bicyclic) bond motifs is 2. The molecule has 0 amide bonds. The highest BCUT2D eigenvalue weighted by Crippen LogP contribution is 2.34. The first-order chi connectivity index (χ1) is 13.2. The first-order valence-electron chi connectivity index (χ1n) is 8.79. The molecule has 5 rings (SSSR count). The van der Waals surface area contributed by atoms with E-state index in [1.165, 1.54) is 5.56 Å². The maximum Gasteiger partial charge on any atom is 0.162 e. The second-order valence-corrected chi connectivity index (χ2v) is 7.08. The predicted octanol–water partition coefficient (Wildman–Crippen LogP) is 6.18. The van der Waals surface area contributed by atoms with Crippen LogP contribution in [0.5, 0.6) is 0 Å². The standard InChI is InChI=1S/C23H16ClN3/c1-15-6-8-16(9-7-15)17-12-25-23-21(13-26-27(23)14-17)19-10-11-22(24)20-5-3-2-4-18(19)20/h2-14H,1H3. The van der Waals surface area contributed by atoms with Gasteiger partial charge in [0.2, 0.25) is 0 Å². The fourth-order valence-electron chi connectivity index (χ4n) is 3.46. The van der Waals surface area contributed by atoms with E-state index >= 15 is 0 Å². The number of hydrogen-bond donors (Lipinski definition) is 0. The van der Waals surface area contributed by atoms with E-state index in [9.17, 15) is 0 Å². The van der Waals surface area contributed by atoms with Crippen LogP contribution in [-0.2, 0) is 0 Å². The molecule has 130 valence electrons. The van der Waals surface area contributed by atoms with E-state index in [2.05, 4.69) is 42.4 Å². The topological polar surface area (TPSA) is 30.2 Å². The molecule has 0 N–H and O–H groups in total. The van der Waals surface area contributed by atoms with Gasteiger partial charge in [-0.25, -0.2) is 9.50 Å². The van der Waals surface area contributed by atoms with Gasteiger partial charge in [-0.3, -0.25) is 0 Å². The molecule has 0 unspecified atom stereocenters. The van der Waals surface area contributed by atoms with E-state index in [0.29, 0.717) is 0 Å². The molecule has 0 saturated heterocycles. The molecule has 0 atom stereocenters. The summed E-state index contributed by atoms with van der Waals surface area (Å²) >= 11 is 6.37. The average molecular weight is 370 g/mol. The van der Waals surface area contributed by atoms with Crippen molar-refractivity contribution in [2.75, 3.05) is 0 Å². The molecule has 3 nitrogen and oxygen atoms in total. The summed E-state index contributed by atoms with van der Waals surface area (Å²) in [5, 5.41) is 7.44. The zero-order valence-corrected chi connectivity index (χ0v) is 15.5. The van der Waals surface area contributed by atoms with Gasteiger partial charge in [0.25, 0.3) is 0 Å². The van der Waals surface area contributed by atoms with Gasteiger partial charge in [0, 0.05) is 33.9 Å². The molecule has 0 aliphatic carbocycles. The Morgan fingerprint density at radius 2 is 1.56 bits per heavy atom. The Kier molecular flexibility index (Phi) is 3.69. The minimum atomic E-state index is 0.750. The maximum atomic E-state index is 6.37. The SMILES string of the molecule is Cc1ccc(-c2cnc3c(-c4ccc(Cl)c5ccccc45)cnn3c2)cc1. The molecule has 0 aliphatic heterocycles. The van der Waals surface area contributed by atoms with E-state index in [1.54, 1.807) is 0 Å². The maximum absolute atomic E-state index is 6.37. The van der Waals surface area contributed by atoms with Gasteiger partial charge in [-0.05, 0) is 29.5 Å². The van der Waals surface area contributed by atoms with Crippen LogP contribution in [0.15, 0.2) is 79.3 Å². The van der Waals surface area contributed by atoms with Crippen molar-refractivity contribution in [2.45, 2.75) is 6.92 Å². The summed E-state index contributed by atoms with van der Waals surface area (Å²) < 4.78 is 1.84. The Labute approximate surface area is 161 Å². The molecule has 0 saturated carbocycles. The summed E-state index contributed by atoms with van der Waals surface area (Å²) in [6.07, 6.45) is 5.80. The van der Waals surface area contributed by atoms with Crippen molar-refractivity contribution in [1.82, 2.24) is 14.6 Å². The summed E-state index contributed by atoms with van der Waals surface area (Å²) in [5.41, 5.74) is 6.32. The quantitative estimate of drug-likeness (QED) is 0.372. The summed E-state index contributed by atoms with van der Waals surface area (Å²) in [4.78, 5) is 4.71. The van der Waals surface area contributed by atoms with Gasteiger partial charge in [0.1, 0.15) is 0 Å². The van der Waals surface area contributed by atoms with Crippen LogP contribution >= 0.6 is 11.6 Å². The van der Waals surface area contributed by atoms with Crippen molar-refractivity contribution >= 4 is 28.0 Å². The van der Waals surface area contributed by atoms with Crippen molar-refractivity contribution in [2.24, 2.45) is 0 Å². The van der Waals surface area contributed by atoms with Crippen molar-refractivity contribution in [3.05, 3.63) is 89.8 Å². The van der Waals surface area contributed by atoms with Crippen molar-refractivity contribution < 1.29 is 0 Å². The van der Waals surface area contributed by atoms with Gasteiger partial charge in [0.05, 0.1) is 6.20 Å². The molecule has 2 heterocycles. The smallest absolute Gasteiger partial charge is 0.162 e. The summed E-state index contributed by atoms with van der Waals surface area (Å²) in [7, 11) is 0. The number of rotatable bonds is 2. The minimum Gasteiger partial charge on any atom is -0.236 e. The number of hydrogen-bond acceptors (Lipinski definition) is 2. The minimum absolute atomic E-state index is 0.750. The number of halogens is 1. The van der Waals surface area contributed by atoms with Crippen LogP contribution in [0.2, 0.25) is 5.02 Å². The van der Waals surface area contributed by atoms with Crippen LogP contribution in [0.3, 0.4) is 0 Å². The first-order valence-corrected chi connectivity index (χ1v) is 9.16. The summed E-state index contributed by atoms with van der Waals surface area (Å²) in [6, 6.07) is 20.5. The van der Waals surface area contributed by atoms with Crippen LogP contribution in [0.4, 0.5) is 0 Å². The molecular formula is C23H16ClN3. The molecule has 5 aromatic rings. The van der Waals surface area contributed by atoms with Gasteiger partial charge in [-0.1, -0.05) is 71.8 Å².